The van der Waals surface area contributed by atoms with Crippen LogP contribution in [0, 0.1) is 5.92 Å². The smallest absolute Gasteiger partial charge is 0.145 e. The average Bonchev–Trinajstić information content (AvgIpc) is 2.07. The van der Waals surface area contributed by atoms with E-state index in [2.05, 4.69) is 19.9 Å². The van der Waals surface area contributed by atoms with Gasteiger partial charge in [0, 0.05) is 0 Å². The van der Waals surface area contributed by atoms with Crippen molar-refractivity contribution >= 4 is 6.29 Å². The van der Waals surface area contributed by atoms with E-state index in [4.69, 9.17) is 0 Å². The van der Waals surface area contributed by atoms with Crippen molar-refractivity contribution in [2.45, 2.75) is 40.0 Å². The van der Waals surface area contributed by atoms with Crippen LogP contribution in [-0.4, -0.2) is 6.29 Å². The zero-order valence-corrected chi connectivity index (χ0v) is 7.76. The fourth-order valence-corrected chi connectivity index (χ4v) is 1.07. The number of hydrogen-bond acceptors (Lipinski definition) is 1. The van der Waals surface area contributed by atoms with Crippen molar-refractivity contribution in [2.24, 2.45) is 5.92 Å². The Morgan fingerprint density at radius 3 is 2.09 bits per heavy atom. The van der Waals surface area contributed by atoms with Gasteiger partial charge in [0.1, 0.15) is 6.29 Å². The Morgan fingerprint density at radius 1 is 1.27 bits per heavy atom. The molecule has 0 radical (unpaired) electrons. The van der Waals surface area contributed by atoms with E-state index in [1.165, 1.54) is 0 Å². The molecule has 0 spiro atoms. The van der Waals surface area contributed by atoms with Crippen LogP contribution in [0.1, 0.15) is 40.0 Å². The number of aldehydes is 1. The van der Waals surface area contributed by atoms with Gasteiger partial charge in [-0.25, -0.2) is 0 Å². The summed E-state index contributed by atoms with van der Waals surface area (Å²) in [6.07, 6.45) is 6.20. The third-order valence-corrected chi connectivity index (χ3v) is 2.06. The first-order valence-corrected chi connectivity index (χ1v) is 4.44. The van der Waals surface area contributed by atoms with Gasteiger partial charge in [-0.1, -0.05) is 26.8 Å². The van der Waals surface area contributed by atoms with Crippen LogP contribution < -0.4 is 0 Å². The monoisotopic (exact) mass is 154 g/mol. The van der Waals surface area contributed by atoms with E-state index in [1.807, 2.05) is 6.92 Å². The molecule has 0 unspecified atom stereocenters. The number of carbonyl (C=O) groups is 1. The maximum atomic E-state index is 10.4. The summed E-state index contributed by atoms with van der Waals surface area (Å²) in [5.41, 5.74) is 0.943. The quantitative estimate of drug-likeness (QED) is 0.439. The van der Waals surface area contributed by atoms with Gasteiger partial charge >= 0.3 is 0 Å². The number of allylic oxidation sites excluding steroid dienone is 2. The van der Waals surface area contributed by atoms with Crippen LogP contribution in [0.4, 0.5) is 0 Å². The van der Waals surface area contributed by atoms with E-state index in [0.29, 0.717) is 5.92 Å². The van der Waals surface area contributed by atoms with Gasteiger partial charge in [0.2, 0.25) is 0 Å². The Morgan fingerprint density at radius 2 is 1.82 bits per heavy atom. The molecule has 11 heavy (non-hydrogen) atoms. The van der Waals surface area contributed by atoms with Crippen LogP contribution in [0.25, 0.3) is 0 Å². The molecule has 0 aromatic heterocycles. The molecule has 0 bridgehead atoms. The van der Waals surface area contributed by atoms with Crippen LogP contribution in [0.2, 0.25) is 0 Å². The van der Waals surface area contributed by atoms with Crippen molar-refractivity contribution in [2.75, 3.05) is 0 Å². The Balaban J connectivity index is 4.09. The van der Waals surface area contributed by atoms with Crippen LogP contribution >= 0.6 is 0 Å². The van der Waals surface area contributed by atoms with Gasteiger partial charge < -0.3 is 0 Å². The molecule has 1 nitrogen and oxygen atoms in total. The van der Waals surface area contributed by atoms with Gasteiger partial charge in [0.25, 0.3) is 0 Å². The lowest BCUT2D eigenvalue weighted by molar-refractivity contribution is -0.105. The average molecular weight is 154 g/mol. The highest BCUT2D eigenvalue weighted by Crippen LogP contribution is 2.12. The first-order valence-electron chi connectivity index (χ1n) is 4.44. The zero-order chi connectivity index (χ0) is 8.69. The van der Waals surface area contributed by atoms with Gasteiger partial charge in [0.15, 0.2) is 0 Å². The van der Waals surface area contributed by atoms with Gasteiger partial charge in [-0.15, -0.1) is 0 Å². The summed E-state index contributed by atoms with van der Waals surface area (Å²) in [4.78, 5) is 10.4. The van der Waals surface area contributed by atoms with Crippen LogP contribution in [-0.2, 0) is 4.79 Å². The normalized spacial score (nSPS) is 12.2. The summed E-state index contributed by atoms with van der Waals surface area (Å²) in [5.74, 6) is 0.593. The molecule has 0 saturated heterocycles. The summed E-state index contributed by atoms with van der Waals surface area (Å²) in [5, 5.41) is 0. The summed E-state index contributed by atoms with van der Waals surface area (Å²) >= 11 is 0. The highest BCUT2D eigenvalue weighted by atomic mass is 16.1. The summed E-state index contributed by atoms with van der Waals surface area (Å²) in [7, 11) is 0. The molecule has 1 heteroatoms. The first kappa shape index (κ1) is 10.4. The van der Waals surface area contributed by atoms with E-state index in [1.54, 1.807) is 0 Å². The highest BCUT2D eigenvalue weighted by Gasteiger charge is 2.00. The highest BCUT2D eigenvalue weighted by molar-refractivity contribution is 5.72. The third-order valence-electron chi connectivity index (χ3n) is 2.06. The second-order valence-corrected chi connectivity index (χ2v) is 2.79. The molecule has 0 atom stereocenters. The summed E-state index contributed by atoms with van der Waals surface area (Å²) in [6.45, 7) is 6.33. The van der Waals surface area contributed by atoms with E-state index >= 15 is 0 Å². The fourth-order valence-electron chi connectivity index (χ4n) is 1.07. The lowest BCUT2D eigenvalue weighted by Gasteiger charge is -2.06. The molecule has 64 valence electrons. The Kier molecular flexibility index (Phi) is 5.81. The minimum absolute atomic E-state index is 0.593. The van der Waals surface area contributed by atoms with E-state index in [-0.39, 0.29) is 0 Å². The molecule has 0 aliphatic rings. The number of rotatable bonds is 5. The maximum absolute atomic E-state index is 10.4. The second-order valence-electron chi connectivity index (χ2n) is 2.79. The van der Waals surface area contributed by atoms with E-state index < -0.39 is 0 Å². The fraction of sp³-hybridized carbons (Fsp3) is 0.700. The standard InChI is InChI=1S/C10H18O/c1-4-9(5-2)7-10(6-3)8-11/h7-9H,4-6H2,1-3H3. The third kappa shape index (κ3) is 3.97. The van der Waals surface area contributed by atoms with Crippen molar-refractivity contribution in [3.8, 4) is 0 Å². The predicted molar refractivity (Wildman–Crippen MR) is 48.5 cm³/mol. The molecule has 0 rings (SSSR count). The Bertz CT molecular complexity index is 132. The molecule has 0 N–H and O–H groups in total. The van der Waals surface area contributed by atoms with Gasteiger partial charge in [-0.2, -0.15) is 0 Å². The maximum Gasteiger partial charge on any atom is 0.145 e. The molecule has 0 aliphatic heterocycles. The molecule has 0 amide bonds. The SMILES string of the molecule is CCC(C=O)=CC(CC)CC. The van der Waals surface area contributed by atoms with E-state index in [0.717, 1.165) is 31.1 Å². The lowest BCUT2D eigenvalue weighted by Crippen LogP contribution is -1.94. The second kappa shape index (κ2) is 6.14. The van der Waals surface area contributed by atoms with Crippen LogP contribution in [0.15, 0.2) is 11.6 Å². The summed E-state index contributed by atoms with van der Waals surface area (Å²) in [6, 6.07) is 0. The summed E-state index contributed by atoms with van der Waals surface area (Å²) < 4.78 is 0. The van der Waals surface area contributed by atoms with Gasteiger partial charge in [-0.3, -0.25) is 4.79 Å². The predicted octanol–water partition coefficient (Wildman–Crippen LogP) is 2.96. The van der Waals surface area contributed by atoms with Crippen molar-refractivity contribution in [1.82, 2.24) is 0 Å². The minimum atomic E-state index is 0.593. The molecule has 0 aromatic carbocycles. The molecule has 0 aliphatic carbocycles. The Labute approximate surface area is 69.5 Å². The minimum Gasteiger partial charge on any atom is -0.298 e. The zero-order valence-electron chi connectivity index (χ0n) is 7.76. The van der Waals surface area contributed by atoms with Crippen molar-refractivity contribution in [1.29, 1.82) is 0 Å². The lowest BCUT2D eigenvalue weighted by atomic mass is 10.00. The number of carbonyl (C=O) groups excluding carboxylic acids is 1. The molecular formula is C10H18O. The topological polar surface area (TPSA) is 17.1 Å². The van der Waals surface area contributed by atoms with Crippen LogP contribution in [0.5, 0.6) is 0 Å². The molecule has 0 saturated carbocycles. The molecular weight excluding hydrogens is 136 g/mol. The van der Waals surface area contributed by atoms with Crippen molar-refractivity contribution in [3.63, 3.8) is 0 Å². The molecule has 0 heterocycles. The first-order chi connectivity index (χ1) is 5.28. The Hall–Kier alpha value is -0.590. The largest absolute Gasteiger partial charge is 0.298 e. The van der Waals surface area contributed by atoms with Crippen molar-refractivity contribution < 1.29 is 4.79 Å². The van der Waals surface area contributed by atoms with Crippen molar-refractivity contribution in [3.05, 3.63) is 11.6 Å². The number of hydrogen-bond donors (Lipinski definition) is 0. The van der Waals surface area contributed by atoms with Gasteiger partial charge in [0.05, 0.1) is 0 Å². The molecule has 0 aromatic rings. The van der Waals surface area contributed by atoms with Crippen LogP contribution in [0.3, 0.4) is 0 Å². The van der Waals surface area contributed by atoms with E-state index in [9.17, 15) is 4.79 Å². The van der Waals surface area contributed by atoms with Gasteiger partial charge in [-0.05, 0) is 30.8 Å². The molecule has 0 fully saturated rings.